The third-order valence-corrected chi connectivity index (χ3v) is 4.99. The molecule has 1 aromatic carbocycles. The van der Waals surface area contributed by atoms with Crippen molar-refractivity contribution in [1.82, 2.24) is 25.5 Å². The van der Waals surface area contributed by atoms with E-state index in [-0.39, 0.29) is 11.9 Å². The van der Waals surface area contributed by atoms with Crippen LogP contribution in [-0.4, -0.2) is 26.1 Å². The first kappa shape index (κ1) is 15.5. The molecule has 2 aromatic heterocycles. The molecule has 4 rings (SSSR count). The third-order valence-electron chi connectivity index (χ3n) is 4.07. The molecule has 0 saturated carbocycles. The number of allylic oxidation sites excluding steroid dienone is 1. The second kappa shape index (κ2) is 6.48. The van der Waals surface area contributed by atoms with Gasteiger partial charge in [0.05, 0.1) is 5.57 Å². The highest BCUT2D eigenvalue weighted by Crippen LogP contribution is 2.36. The Balaban J connectivity index is 1.65. The number of tetrazole rings is 1. The van der Waals surface area contributed by atoms with E-state index in [4.69, 9.17) is 0 Å². The zero-order chi connectivity index (χ0) is 17.2. The van der Waals surface area contributed by atoms with Crippen LogP contribution < -0.4 is 10.6 Å². The lowest BCUT2D eigenvalue weighted by molar-refractivity contribution is -0.118. The smallest absolute Gasteiger partial charge is 0.251 e. The Bertz CT molecular complexity index is 916. The van der Waals surface area contributed by atoms with Gasteiger partial charge in [-0.2, -0.15) is 4.68 Å². The molecule has 126 valence electrons. The van der Waals surface area contributed by atoms with E-state index in [1.165, 1.54) is 0 Å². The number of fused-ring (bicyclic) bond motifs is 1. The van der Waals surface area contributed by atoms with Gasteiger partial charge in [0.15, 0.2) is 0 Å². The van der Waals surface area contributed by atoms with Crippen molar-refractivity contribution in [3.8, 4) is 0 Å². The van der Waals surface area contributed by atoms with Gasteiger partial charge in [0.1, 0.15) is 6.04 Å². The molecule has 1 amide bonds. The van der Waals surface area contributed by atoms with Crippen molar-refractivity contribution in [2.75, 3.05) is 5.32 Å². The maximum Gasteiger partial charge on any atom is 0.251 e. The van der Waals surface area contributed by atoms with Crippen molar-refractivity contribution in [1.29, 1.82) is 0 Å². The van der Waals surface area contributed by atoms with Gasteiger partial charge in [0, 0.05) is 17.1 Å². The first-order valence-corrected chi connectivity index (χ1v) is 8.73. The lowest BCUT2D eigenvalue weighted by Crippen LogP contribution is -2.34. The summed E-state index contributed by atoms with van der Waals surface area (Å²) in [5.41, 5.74) is 2.43. The SMILES string of the molecule is CC1=C(C(=O)NCc2ccccc2)[C@H](c2cccs2)n2nnnc2N1. The largest absolute Gasteiger partial charge is 0.348 e. The molecule has 1 aliphatic rings. The molecule has 0 spiro atoms. The van der Waals surface area contributed by atoms with Gasteiger partial charge < -0.3 is 10.6 Å². The van der Waals surface area contributed by atoms with Gasteiger partial charge in [-0.15, -0.1) is 11.3 Å². The number of hydrogen-bond donors (Lipinski definition) is 2. The van der Waals surface area contributed by atoms with E-state index in [2.05, 4.69) is 26.2 Å². The first-order chi connectivity index (χ1) is 12.2. The summed E-state index contributed by atoms with van der Waals surface area (Å²) in [6.07, 6.45) is 0. The van der Waals surface area contributed by atoms with E-state index in [1.54, 1.807) is 16.0 Å². The number of hydrogen-bond acceptors (Lipinski definition) is 6. The van der Waals surface area contributed by atoms with Crippen LogP contribution in [0.2, 0.25) is 0 Å². The summed E-state index contributed by atoms with van der Waals surface area (Å²) in [6.45, 7) is 2.34. The predicted molar refractivity (Wildman–Crippen MR) is 94.9 cm³/mol. The van der Waals surface area contributed by atoms with E-state index in [0.717, 1.165) is 16.1 Å². The monoisotopic (exact) mass is 352 g/mol. The molecule has 3 heterocycles. The summed E-state index contributed by atoms with van der Waals surface area (Å²) in [4.78, 5) is 13.9. The third kappa shape index (κ3) is 2.91. The minimum absolute atomic E-state index is 0.131. The number of anilines is 1. The van der Waals surface area contributed by atoms with Crippen LogP contribution >= 0.6 is 11.3 Å². The van der Waals surface area contributed by atoms with Crippen molar-refractivity contribution in [3.63, 3.8) is 0 Å². The number of benzene rings is 1. The van der Waals surface area contributed by atoms with Gasteiger partial charge in [-0.25, -0.2) is 0 Å². The minimum Gasteiger partial charge on any atom is -0.348 e. The van der Waals surface area contributed by atoms with Gasteiger partial charge in [-0.1, -0.05) is 41.5 Å². The fraction of sp³-hybridized carbons (Fsp3) is 0.176. The molecule has 8 heteroatoms. The Kier molecular flexibility index (Phi) is 4.02. The highest BCUT2D eigenvalue weighted by molar-refractivity contribution is 7.10. The van der Waals surface area contributed by atoms with E-state index in [1.807, 2.05) is 54.8 Å². The van der Waals surface area contributed by atoms with Gasteiger partial charge in [0.25, 0.3) is 5.91 Å². The van der Waals surface area contributed by atoms with Crippen molar-refractivity contribution in [2.24, 2.45) is 0 Å². The summed E-state index contributed by atoms with van der Waals surface area (Å²) in [6, 6.07) is 13.4. The van der Waals surface area contributed by atoms with Crippen molar-refractivity contribution < 1.29 is 4.79 Å². The lowest BCUT2D eigenvalue weighted by atomic mass is 10.0. The van der Waals surface area contributed by atoms with Crippen LogP contribution in [0.1, 0.15) is 23.4 Å². The fourth-order valence-corrected chi connectivity index (χ4v) is 3.71. The van der Waals surface area contributed by atoms with Gasteiger partial charge in [-0.3, -0.25) is 4.79 Å². The Morgan fingerprint density at radius 3 is 2.88 bits per heavy atom. The summed E-state index contributed by atoms with van der Waals surface area (Å²) in [5.74, 6) is 0.406. The molecule has 25 heavy (non-hydrogen) atoms. The predicted octanol–water partition coefficient (Wildman–Crippen LogP) is 2.34. The lowest BCUT2D eigenvalue weighted by Gasteiger charge is -2.26. The van der Waals surface area contributed by atoms with E-state index in [9.17, 15) is 4.79 Å². The average molecular weight is 352 g/mol. The molecule has 1 atom stereocenters. The zero-order valence-electron chi connectivity index (χ0n) is 13.5. The highest BCUT2D eigenvalue weighted by Gasteiger charge is 2.34. The highest BCUT2D eigenvalue weighted by atomic mass is 32.1. The first-order valence-electron chi connectivity index (χ1n) is 7.85. The van der Waals surface area contributed by atoms with E-state index < -0.39 is 0 Å². The normalized spacial score (nSPS) is 16.3. The van der Waals surface area contributed by atoms with Crippen molar-refractivity contribution in [3.05, 3.63) is 69.6 Å². The topological polar surface area (TPSA) is 84.7 Å². The second-order valence-electron chi connectivity index (χ2n) is 5.70. The second-order valence-corrected chi connectivity index (χ2v) is 6.68. The standard InChI is InChI=1S/C17H16N6OS/c1-11-14(16(24)18-10-12-6-3-2-4-7-12)15(13-8-5-9-25-13)23-17(19-11)20-21-22-23/h2-9,15H,10H2,1H3,(H,18,24)(H,19,20,22)/t15-/m0/s1. The van der Waals surface area contributed by atoms with Crippen molar-refractivity contribution in [2.45, 2.75) is 19.5 Å². The molecular weight excluding hydrogens is 336 g/mol. The number of nitrogens with zero attached hydrogens (tertiary/aromatic N) is 4. The number of nitrogens with one attached hydrogen (secondary N) is 2. The van der Waals surface area contributed by atoms with Crippen LogP contribution in [0.25, 0.3) is 0 Å². The van der Waals surface area contributed by atoms with Gasteiger partial charge >= 0.3 is 0 Å². The molecule has 0 radical (unpaired) electrons. The molecule has 0 bridgehead atoms. The van der Waals surface area contributed by atoms with E-state index >= 15 is 0 Å². The van der Waals surface area contributed by atoms with Crippen LogP contribution in [0.15, 0.2) is 59.1 Å². The van der Waals surface area contributed by atoms with Crippen LogP contribution in [0.5, 0.6) is 0 Å². The number of amides is 1. The van der Waals surface area contributed by atoms with Crippen LogP contribution in [0, 0.1) is 0 Å². The molecule has 7 nitrogen and oxygen atoms in total. The van der Waals surface area contributed by atoms with Gasteiger partial charge in [0.2, 0.25) is 5.95 Å². The summed E-state index contributed by atoms with van der Waals surface area (Å²) in [5, 5.41) is 19.9. The fourth-order valence-electron chi connectivity index (χ4n) is 2.89. The average Bonchev–Trinajstić information content (AvgIpc) is 3.31. The molecule has 0 saturated heterocycles. The van der Waals surface area contributed by atoms with E-state index in [0.29, 0.717) is 18.1 Å². The Morgan fingerprint density at radius 2 is 2.12 bits per heavy atom. The number of thiophene rings is 1. The molecule has 3 aromatic rings. The molecule has 2 N–H and O–H groups in total. The summed E-state index contributed by atoms with van der Waals surface area (Å²) in [7, 11) is 0. The van der Waals surface area contributed by atoms with Crippen molar-refractivity contribution >= 4 is 23.2 Å². The number of carbonyl (C=O) groups excluding carboxylic acids is 1. The Morgan fingerprint density at radius 1 is 1.28 bits per heavy atom. The van der Waals surface area contributed by atoms with Gasteiger partial charge in [-0.05, 0) is 34.4 Å². The van der Waals surface area contributed by atoms with Crippen LogP contribution in [0.3, 0.4) is 0 Å². The van der Waals surface area contributed by atoms with Crippen LogP contribution in [0.4, 0.5) is 5.95 Å². The molecule has 1 aliphatic heterocycles. The Hall–Kier alpha value is -3.00. The summed E-state index contributed by atoms with van der Waals surface area (Å²) < 4.78 is 1.65. The van der Waals surface area contributed by atoms with Crippen LogP contribution in [-0.2, 0) is 11.3 Å². The maximum absolute atomic E-state index is 12.9. The number of carbonyl (C=O) groups is 1. The number of aromatic nitrogens is 4. The zero-order valence-corrected chi connectivity index (χ0v) is 14.3. The Labute approximate surface area is 148 Å². The molecule has 0 aliphatic carbocycles. The molecule has 0 fully saturated rings. The minimum atomic E-state index is -0.331. The molecular formula is C17H16N6OS. The maximum atomic E-state index is 12.9. The number of rotatable bonds is 4. The molecule has 0 unspecified atom stereocenters. The quantitative estimate of drug-likeness (QED) is 0.753. The summed E-state index contributed by atoms with van der Waals surface area (Å²) >= 11 is 1.58.